The van der Waals surface area contributed by atoms with Crippen LogP contribution in [-0.2, 0) is 16.1 Å². The highest BCUT2D eigenvalue weighted by atomic mass is 16.3. The number of nitrogens with one attached hydrogen (secondary N) is 1. The van der Waals surface area contributed by atoms with Crippen LogP contribution in [0, 0.1) is 0 Å². The lowest BCUT2D eigenvalue weighted by Crippen LogP contribution is -2.39. The summed E-state index contributed by atoms with van der Waals surface area (Å²) in [6.45, 7) is 2.02. The number of hydrogen-bond acceptors (Lipinski definition) is 7. The highest BCUT2D eigenvalue weighted by molar-refractivity contribution is 6.21. The molecule has 0 spiro atoms. The summed E-state index contributed by atoms with van der Waals surface area (Å²) in [6, 6.07) is 3.78. The van der Waals surface area contributed by atoms with Gasteiger partial charge in [-0.2, -0.15) is 0 Å². The third-order valence-corrected chi connectivity index (χ3v) is 6.56. The van der Waals surface area contributed by atoms with Crippen molar-refractivity contribution in [2.75, 3.05) is 13.6 Å². The fraction of sp³-hybridized carbons (Fsp3) is 0.577. The van der Waals surface area contributed by atoms with Crippen LogP contribution in [0.1, 0.15) is 80.6 Å². The molecule has 3 N–H and O–H groups in total. The first-order valence-electron chi connectivity index (χ1n) is 13.1. The predicted octanol–water partition coefficient (Wildman–Crippen LogP) is 5.28. The number of rotatable bonds is 17. The molecule has 2 unspecified atom stereocenters. The number of unbranched alkanes of at least 4 members (excludes halogenated alkanes) is 7. The Balaban J connectivity index is 1.60. The second-order valence-corrected chi connectivity index (χ2v) is 9.59. The van der Waals surface area contributed by atoms with E-state index in [1.165, 1.54) is 24.9 Å². The molecular formula is C26H36N8O5. The van der Waals surface area contributed by atoms with E-state index in [-0.39, 0.29) is 41.7 Å². The van der Waals surface area contributed by atoms with E-state index < -0.39 is 18.1 Å². The molecule has 1 aromatic rings. The maximum atomic E-state index is 12.5. The number of carbonyl (C=O) groups is 3. The number of Topliss-reactive ketones (excluding diaryl/α,β-unsaturated/α-hetero) is 1. The Bertz CT molecular complexity index is 1170. The number of nitrogens with zero attached hydrogens (tertiary/aromatic N) is 7. The van der Waals surface area contributed by atoms with Crippen molar-refractivity contribution in [3.8, 4) is 0 Å². The standard InChI is InChI=1S/C26H36N8O5/c1-17(35)23-24(37)22(26(39)34(23)2)21(36)11-9-7-5-3-4-6-8-10-12-29-25(38)19-13-18(16-30-32-27)14-20(15-19)31-33-28/h13-15,17,23,35,37H,3-12,16H2,1-2H3,(H,29,38). The molecule has 0 bridgehead atoms. The van der Waals surface area contributed by atoms with Crippen LogP contribution in [0.3, 0.4) is 0 Å². The summed E-state index contributed by atoms with van der Waals surface area (Å²) >= 11 is 0. The van der Waals surface area contributed by atoms with Crippen LogP contribution < -0.4 is 5.32 Å². The molecule has 2 amide bonds. The van der Waals surface area contributed by atoms with Crippen molar-refractivity contribution in [3.05, 3.63) is 61.5 Å². The molecule has 1 aliphatic rings. The Hall–Kier alpha value is -4.05. The average Bonchev–Trinajstić information content (AvgIpc) is 3.13. The summed E-state index contributed by atoms with van der Waals surface area (Å²) in [5, 5.41) is 29.9. The van der Waals surface area contributed by atoms with E-state index in [1.54, 1.807) is 12.1 Å². The molecule has 1 aliphatic heterocycles. The third kappa shape index (κ3) is 9.33. The van der Waals surface area contributed by atoms with Gasteiger partial charge in [0.2, 0.25) is 0 Å². The minimum Gasteiger partial charge on any atom is -0.509 e. The van der Waals surface area contributed by atoms with Gasteiger partial charge in [0.05, 0.1) is 12.6 Å². The first-order chi connectivity index (χ1) is 18.7. The van der Waals surface area contributed by atoms with Gasteiger partial charge >= 0.3 is 0 Å². The minimum atomic E-state index is -0.965. The van der Waals surface area contributed by atoms with Gasteiger partial charge < -0.3 is 20.4 Å². The molecule has 0 radical (unpaired) electrons. The van der Waals surface area contributed by atoms with Crippen molar-refractivity contribution < 1.29 is 24.6 Å². The molecule has 210 valence electrons. The molecule has 0 aromatic heterocycles. The second kappa shape index (κ2) is 16.0. The number of hydrogen-bond donors (Lipinski definition) is 3. The minimum absolute atomic E-state index is 0.0468. The number of benzene rings is 1. The van der Waals surface area contributed by atoms with Gasteiger partial charge in [0, 0.05) is 41.1 Å². The van der Waals surface area contributed by atoms with Crippen molar-refractivity contribution >= 4 is 23.3 Å². The molecule has 1 aromatic carbocycles. The largest absolute Gasteiger partial charge is 0.509 e. The smallest absolute Gasteiger partial charge is 0.261 e. The Morgan fingerprint density at radius 3 is 2.28 bits per heavy atom. The molecule has 39 heavy (non-hydrogen) atoms. The van der Waals surface area contributed by atoms with Gasteiger partial charge in [-0.1, -0.05) is 48.8 Å². The van der Waals surface area contributed by atoms with E-state index >= 15 is 0 Å². The summed E-state index contributed by atoms with van der Waals surface area (Å²) in [7, 11) is 1.46. The summed E-state index contributed by atoms with van der Waals surface area (Å²) in [6.07, 6.45) is 6.48. The Labute approximate surface area is 227 Å². The highest BCUT2D eigenvalue weighted by Gasteiger charge is 2.42. The van der Waals surface area contributed by atoms with Gasteiger partial charge in [-0.25, -0.2) is 0 Å². The maximum absolute atomic E-state index is 12.5. The van der Waals surface area contributed by atoms with E-state index in [4.69, 9.17) is 11.1 Å². The van der Waals surface area contributed by atoms with E-state index in [0.29, 0.717) is 24.1 Å². The van der Waals surface area contributed by atoms with Crippen molar-refractivity contribution in [3.63, 3.8) is 0 Å². The van der Waals surface area contributed by atoms with Crippen LogP contribution in [-0.4, -0.2) is 58.4 Å². The van der Waals surface area contributed by atoms with Gasteiger partial charge in [0.25, 0.3) is 11.8 Å². The van der Waals surface area contributed by atoms with Crippen LogP contribution in [0.15, 0.2) is 39.8 Å². The summed E-state index contributed by atoms with van der Waals surface area (Å²) in [5.41, 5.74) is 18.1. The lowest BCUT2D eigenvalue weighted by atomic mass is 10.0. The van der Waals surface area contributed by atoms with Crippen LogP contribution in [0.25, 0.3) is 20.9 Å². The number of ketones is 1. The van der Waals surface area contributed by atoms with Crippen molar-refractivity contribution in [1.29, 1.82) is 0 Å². The van der Waals surface area contributed by atoms with Crippen molar-refractivity contribution in [2.45, 2.75) is 83.4 Å². The maximum Gasteiger partial charge on any atom is 0.261 e. The average molecular weight is 541 g/mol. The van der Waals surface area contributed by atoms with Gasteiger partial charge in [-0.3, -0.25) is 14.4 Å². The van der Waals surface area contributed by atoms with E-state index in [2.05, 4.69) is 25.4 Å². The zero-order valence-electron chi connectivity index (χ0n) is 22.4. The summed E-state index contributed by atoms with van der Waals surface area (Å²) in [4.78, 5) is 43.8. The molecule has 0 aliphatic carbocycles. The Morgan fingerprint density at radius 1 is 1.05 bits per heavy atom. The molecule has 2 atom stereocenters. The molecular weight excluding hydrogens is 504 g/mol. The van der Waals surface area contributed by atoms with E-state index in [9.17, 15) is 24.6 Å². The molecule has 0 saturated heterocycles. The highest BCUT2D eigenvalue weighted by Crippen LogP contribution is 2.27. The van der Waals surface area contributed by atoms with E-state index in [1.807, 2.05) is 0 Å². The summed E-state index contributed by atoms with van der Waals surface area (Å²) < 4.78 is 0. The topological polar surface area (TPSA) is 204 Å². The van der Waals surface area contributed by atoms with Crippen molar-refractivity contribution in [2.24, 2.45) is 10.2 Å². The molecule has 0 saturated carbocycles. The number of aliphatic hydroxyl groups is 2. The number of likely N-dealkylation sites (N-methyl/N-ethyl adjacent to an activating group) is 1. The fourth-order valence-corrected chi connectivity index (χ4v) is 4.58. The molecule has 1 heterocycles. The lowest BCUT2D eigenvalue weighted by Gasteiger charge is -2.22. The number of carbonyl (C=O) groups excluding carboxylic acids is 3. The fourth-order valence-electron chi connectivity index (χ4n) is 4.58. The Morgan fingerprint density at radius 2 is 1.69 bits per heavy atom. The monoisotopic (exact) mass is 540 g/mol. The third-order valence-electron chi connectivity index (χ3n) is 6.56. The van der Waals surface area contributed by atoms with E-state index in [0.717, 1.165) is 44.9 Å². The zero-order chi connectivity index (χ0) is 28.8. The van der Waals surface area contributed by atoms with Gasteiger partial charge in [0.1, 0.15) is 17.4 Å². The lowest BCUT2D eigenvalue weighted by molar-refractivity contribution is -0.129. The molecule has 13 heteroatoms. The second-order valence-electron chi connectivity index (χ2n) is 9.59. The molecule has 2 rings (SSSR count). The van der Waals surface area contributed by atoms with Gasteiger partial charge in [0.15, 0.2) is 5.78 Å². The first kappa shape index (κ1) is 31.2. The SMILES string of the molecule is CC(O)C1C(O)=C(C(=O)CCCCCCCCCCNC(=O)c2cc(CN=[N+]=[N-])cc(N=[N+]=[N-])c2)C(=O)N1C. The van der Waals surface area contributed by atoms with Crippen LogP contribution in [0.2, 0.25) is 0 Å². The normalized spacial score (nSPS) is 15.5. The van der Waals surface area contributed by atoms with Crippen LogP contribution >= 0.6 is 0 Å². The summed E-state index contributed by atoms with van der Waals surface area (Å²) in [5.74, 6) is -1.56. The van der Waals surface area contributed by atoms with Crippen molar-refractivity contribution in [1.82, 2.24) is 10.2 Å². The predicted molar refractivity (Wildman–Crippen MR) is 145 cm³/mol. The van der Waals surface area contributed by atoms with Crippen LogP contribution in [0.4, 0.5) is 5.69 Å². The molecule has 0 fully saturated rings. The first-order valence-corrected chi connectivity index (χ1v) is 13.1. The van der Waals surface area contributed by atoms with Gasteiger partial charge in [-0.15, -0.1) is 0 Å². The van der Waals surface area contributed by atoms with Gasteiger partial charge in [-0.05, 0) is 54.6 Å². The Kier molecular flexibility index (Phi) is 12.8. The molecule has 13 nitrogen and oxygen atoms in total. The number of amides is 2. The van der Waals surface area contributed by atoms with Crippen LogP contribution in [0.5, 0.6) is 0 Å². The zero-order valence-corrected chi connectivity index (χ0v) is 22.4. The number of aliphatic hydroxyl groups excluding tert-OH is 2. The number of azide groups is 2. The quantitative estimate of drug-likeness (QED) is 0.0790.